The molecule has 0 saturated heterocycles. The average Bonchev–Trinajstić information content (AvgIpc) is 2.12. The standard InChI is InChI=1S/C12H16O3/c1-8-6-5-7-10(9(8)2)15-12(3,4)11(13)14/h5-7H,1-4H3,(H,13,14)/p-1. The minimum atomic E-state index is -1.31. The van der Waals surface area contributed by atoms with Gasteiger partial charge in [0.05, 0.1) is 5.97 Å². The van der Waals surface area contributed by atoms with Crippen LogP contribution in [-0.2, 0) is 4.79 Å². The molecule has 1 aromatic carbocycles. The second-order valence-corrected chi connectivity index (χ2v) is 4.10. The van der Waals surface area contributed by atoms with Crippen LogP contribution in [0.15, 0.2) is 18.2 Å². The number of rotatable bonds is 3. The van der Waals surface area contributed by atoms with Crippen molar-refractivity contribution >= 4 is 5.97 Å². The van der Waals surface area contributed by atoms with Crippen LogP contribution in [-0.4, -0.2) is 11.6 Å². The summed E-state index contributed by atoms with van der Waals surface area (Å²) in [4.78, 5) is 10.8. The summed E-state index contributed by atoms with van der Waals surface area (Å²) in [5.41, 5.74) is 0.715. The molecule has 0 saturated carbocycles. The smallest absolute Gasteiger partial charge is 0.143 e. The Labute approximate surface area is 89.7 Å². The summed E-state index contributed by atoms with van der Waals surface area (Å²) in [5.74, 6) is -0.632. The zero-order valence-corrected chi connectivity index (χ0v) is 9.46. The van der Waals surface area contributed by atoms with Crippen molar-refractivity contribution in [3.05, 3.63) is 29.3 Å². The van der Waals surface area contributed by atoms with Gasteiger partial charge in [-0.1, -0.05) is 12.1 Å². The number of aryl methyl sites for hydroxylation is 1. The summed E-state index contributed by atoms with van der Waals surface area (Å²) in [5, 5.41) is 10.8. The summed E-state index contributed by atoms with van der Waals surface area (Å²) in [6.07, 6.45) is 0. The molecule has 0 aliphatic carbocycles. The molecule has 1 rings (SSSR count). The molecule has 15 heavy (non-hydrogen) atoms. The second kappa shape index (κ2) is 3.93. The van der Waals surface area contributed by atoms with Gasteiger partial charge < -0.3 is 14.6 Å². The Kier molecular flexibility index (Phi) is 3.03. The Morgan fingerprint density at radius 2 is 1.93 bits per heavy atom. The molecule has 82 valence electrons. The van der Waals surface area contributed by atoms with Gasteiger partial charge in [-0.15, -0.1) is 0 Å². The first-order chi connectivity index (χ1) is 6.84. The predicted octanol–water partition coefficient (Wildman–Crippen LogP) is 1.21. The van der Waals surface area contributed by atoms with Gasteiger partial charge >= 0.3 is 0 Å². The largest absolute Gasteiger partial charge is 0.546 e. The van der Waals surface area contributed by atoms with E-state index in [-0.39, 0.29) is 0 Å². The van der Waals surface area contributed by atoms with Gasteiger partial charge in [0.2, 0.25) is 0 Å². The first kappa shape index (κ1) is 11.6. The predicted molar refractivity (Wildman–Crippen MR) is 55.6 cm³/mol. The highest BCUT2D eigenvalue weighted by Crippen LogP contribution is 2.24. The lowest BCUT2D eigenvalue weighted by atomic mass is 10.1. The zero-order valence-electron chi connectivity index (χ0n) is 9.46. The minimum absolute atomic E-state index is 0.587. The number of aliphatic carboxylic acids is 1. The molecule has 3 heteroatoms. The number of hydrogen-bond acceptors (Lipinski definition) is 3. The lowest BCUT2D eigenvalue weighted by molar-refractivity contribution is -0.320. The number of carbonyl (C=O) groups excluding carboxylic acids is 1. The SMILES string of the molecule is Cc1cccc(OC(C)(C)C(=O)[O-])c1C. The Morgan fingerprint density at radius 3 is 2.47 bits per heavy atom. The number of carboxylic acid groups (broad SMARTS) is 1. The minimum Gasteiger partial charge on any atom is -0.546 e. The van der Waals surface area contributed by atoms with Gasteiger partial charge in [0.15, 0.2) is 0 Å². The fourth-order valence-electron chi connectivity index (χ4n) is 1.15. The average molecular weight is 207 g/mol. The fourth-order valence-corrected chi connectivity index (χ4v) is 1.15. The lowest BCUT2D eigenvalue weighted by Crippen LogP contribution is -2.48. The first-order valence-electron chi connectivity index (χ1n) is 4.81. The van der Waals surface area contributed by atoms with E-state index in [2.05, 4.69) is 0 Å². The molecule has 0 amide bonds. The van der Waals surface area contributed by atoms with Crippen LogP contribution < -0.4 is 9.84 Å². The molecule has 0 fully saturated rings. The van der Waals surface area contributed by atoms with Crippen molar-refractivity contribution in [2.75, 3.05) is 0 Å². The molecule has 3 nitrogen and oxygen atoms in total. The van der Waals surface area contributed by atoms with Gasteiger partial charge in [-0.3, -0.25) is 0 Å². The van der Waals surface area contributed by atoms with E-state index >= 15 is 0 Å². The summed E-state index contributed by atoms with van der Waals surface area (Å²) >= 11 is 0. The van der Waals surface area contributed by atoms with Crippen LogP contribution in [0, 0.1) is 13.8 Å². The Balaban J connectivity index is 3.00. The van der Waals surface area contributed by atoms with Gasteiger partial charge in [-0.2, -0.15) is 0 Å². The number of hydrogen-bond donors (Lipinski definition) is 0. The third-order valence-corrected chi connectivity index (χ3v) is 2.41. The number of benzene rings is 1. The summed E-state index contributed by atoms with van der Waals surface area (Å²) in [6.45, 7) is 6.80. The number of ether oxygens (including phenoxy) is 1. The van der Waals surface area contributed by atoms with E-state index in [0.29, 0.717) is 5.75 Å². The van der Waals surface area contributed by atoms with Gasteiger partial charge in [-0.05, 0) is 44.9 Å². The third kappa shape index (κ3) is 2.49. The zero-order chi connectivity index (χ0) is 11.6. The van der Waals surface area contributed by atoms with E-state index in [1.807, 2.05) is 26.0 Å². The molecule has 0 aliphatic heterocycles. The molecule has 0 aliphatic rings. The molecule has 0 radical (unpaired) electrons. The summed E-state index contributed by atoms with van der Waals surface area (Å²) in [6, 6.07) is 5.55. The highest BCUT2D eigenvalue weighted by Gasteiger charge is 2.22. The third-order valence-electron chi connectivity index (χ3n) is 2.41. The summed E-state index contributed by atoms with van der Waals surface area (Å²) < 4.78 is 5.41. The maximum Gasteiger partial charge on any atom is 0.143 e. The van der Waals surface area contributed by atoms with Crippen molar-refractivity contribution in [2.24, 2.45) is 0 Å². The number of carboxylic acids is 1. The molecular formula is C12H15O3-. The van der Waals surface area contributed by atoms with Crippen molar-refractivity contribution in [3.8, 4) is 5.75 Å². The molecule has 0 heterocycles. The normalized spacial score (nSPS) is 11.2. The maximum atomic E-state index is 10.8. The van der Waals surface area contributed by atoms with Crippen molar-refractivity contribution in [1.29, 1.82) is 0 Å². The van der Waals surface area contributed by atoms with Gasteiger partial charge in [0.1, 0.15) is 11.4 Å². The Morgan fingerprint density at radius 1 is 1.33 bits per heavy atom. The van der Waals surface area contributed by atoms with Crippen LogP contribution in [0.2, 0.25) is 0 Å². The molecule has 0 bridgehead atoms. The molecular weight excluding hydrogens is 192 g/mol. The highest BCUT2D eigenvalue weighted by atomic mass is 16.5. The van der Waals surface area contributed by atoms with Crippen molar-refractivity contribution < 1.29 is 14.6 Å². The van der Waals surface area contributed by atoms with Crippen LogP contribution in [0.4, 0.5) is 0 Å². The lowest BCUT2D eigenvalue weighted by Gasteiger charge is -2.28. The van der Waals surface area contributed by atoms with Gasteiger partial charge in [-0.25, -0.2) is 0 Å². The van der Waals surface area contributed by atoms with Crippen LogP contribution in [0.1, 0.15) is 25.0 Å². The van der Waals surface area contributed by atoms with E-state index in [1.54, 1.807) is 6.07 Å². The molecule has 0 atom stereocenters. The molecule has 0 spiro atoms. The molecule has 0 unspecified atom stereocenters. The van der Waals surface area contributed by atoms with E-state index in [9.17, 15) is 9.90 Å². The van der Waals surface area contributed by atoms with E-state index in [0.717, 1.165) is 11.1 Å². The highest BCUT2D eigenvalue weighted by molar-refractivity contribution is 5.74. The molecule has 1 aromatic rings. The Bertz CT molecular complexity index is 380. The van der Waals surface area contributed by atoms with Crippen molar-refractivity contribution in [1.82, 2.24) is 0 Å². The van der Waals surface area contributed by atoms with Crippen LogP contribution in [0.3, 0.4) is 0 Å². The first-order valence-corrected chi connectivity index (χ1v) is 4.81. The van der Waals surface area contributed by atoms with E-state index in [1.165, 1.54) is 13.8 Å². The summed E-state index contributed by atoms with van der Waals surface area (Å²) in [7, 11) is 0. The van der Waals surface area contributed by atoms with E-state index < -0.39 is 11.6 Å². The van der Waals surface area contributed by atoms with Crippen LogP contribution >= 0.6 is 0 Å². The van der Waals surface area contributed by atoms with Gasteiger partial charge in [0, 0.05) is 0 Å². The van der Waals surface area contributed by atoms with Crippen molar-refractivity contribution in [3.63, 3.8) is 0 Å². The fraction of sp³-hybridized carbons (Fsp3) is 0.417. The monoisotopic (exact) mass is 207 g/mol. The second-order valence-electron chi connectivity index (χ2n) is 4.10. The molecule has 0 aromatic heterocycles. The van der Waals surface area contributed by atoms with Gasteiger partial charge in [0.25, 0.3) is 0 Å². The van der Waals surface area contributed by atoms with Crippen LogP contribution in [0.5, 0.6) is 5.75 Å². The quantitative estimate of drug-likeness (QED) is 0.748. The number of carbonyl (C=O) groups is 1. The molecule has 0 N–H and O–H groups in total. The van der Waals surface area contributed by atoms with E-state index in [4.69, 9.17) is 4.74 Å². The van der Waals surface area contributed by atoms with Crippen LogP contribution in [0.25, 0.3) is 0 Å². The Hall–Kier alpha value is -1.51. The topological polar surface area (TPSA) is 49.4 Å². The maximum absolute atomic E-state index is 10.8. The van der Waals surface area contributed by atoms with Crippen molar-refractivity contribution in [2.45, 2.75) is 33.3 Å².